The van der Waals surface area contributed by atoms with E-state index in [9.17, 15) is 13.2 Å². The van der Waals surface area contributed by atoms with Gasteiger partial charge in [-0.05, 0) is 13.0 Å². The molecule has 0 saturated carbocycles. The number of nitrogens with two attached hydrogens (primary N) is 1. The lowest BCUT2D eigenvalue weighted by molar-refractivity contribution is -0.148. The van der Waals surface area contributed by atoms with Crippen molar-refractivity contribution in [2.45, 2.75) is 19.0 Å². The lowest BCUT2D eigenvalue weighted by Gasteiger charge is -2.15. The van der Waals surface area contributed by atoms with E-state index in [1.807, 2.05) is 0 Å². The van der Waals surface area contributed by atoms with Crippen molar-refractivity contribution in [3.63, 3.8) is 0 Å². The van der Waals surface area contributed by atoms with E-state index in [1.165, 1.54) is 6.07 Å². The maximum Gasteiger partial charge on any atom is 0.398 e. The second kappa shape index (κ2) is 3.37. The monoisotopic (exact) mass is 193 g/mol. The Hall–Kier alpha value is -1.04. The summed E-state index contributed by atoms with van der Waals surface area (Å²) in [5, 5.41) is 5.98. The average Bonchev–Trinajstić information content (AvgIpc) is 2.34. The minimum absolute atomic E-state index is 0.0486. The van der Waals surface area contributed by atoms with Crippen LogP contribution in [0.15, 0.2) is 6.07 Å². The molecule has 1 atom stereocenters. The smallest absolute Gasteiger partial charge is 0.329 e. The quantitative estimate of drug-likeness (QED) is 0.744. The second-order valence-electron chi connectivity index (χ2n) is 2.81. The normalized spacial score (nSPS) is 14.5. The lowest BCUT2D eigenvalue weighted by Crippen LogP contribution is -2.28. The van der Waals surface area contributed by atoms with Crippen molar-refractivity contribution < 1.29 is 13.2 Å². The summed E-state index contributed by atoms with van der Waals surface area (Å²) in [5.41, 5.74) is 5.57. The van der Waals surface area contributed by atoms with Gasteiger partial charge in [-0.3, -0.25) is 5.10 Å². The predicted octanol–water partition coefficient (Wildman–Crippen LogP) is 1.32. The van der Waals surface area contributed by atoms with Gasteiger partial charge in [0, 0.05) is 12.2 Å². The number of nitrogens with zero attached hydrogens (tertiary/aromatic N) is 1. The highest BCUT2D eigenvalue weighted by atomic mass is 19.4. The number of hydrogen-bond donors (Lipinski definition) is 2. The van der Waals surface area contributed by atoms with Gasteiger partial charge in [-0.15, -0.1) is 0 Å². The third-order valence-corrected chi connectivity index (χ3v) is 1.71. The summed E-state index contributed by atoms with van der Waals surface area (Å²) < 4.78 is 36.8. The molecule has 0 spiro atoms. The van der Waals surface area contributed by atoms with Crippen LogP contribution in [0.3, 0.4) is 0 Å². The number of hydrogen-bond acceptors (Lipinski definition) is 2. The van der Waals surface area contributed by atoms with E-state index in [4.69, 9.17) is 5.73 Å². The van der Waals surface area contributed by atoms with Crippen LogP contribution < -0.4 is 5.73 Å². The zero-order chi connectivity index (χ0) is 10.1. The van der Waals surface area contributed by atoms with Crippen molar-refractivity contribution in [1.29, 1.82) is 0 Å². The SMILES string of the molecule is Cc1cc(C(CN)C(F)(F)F)n[nH]1. The molecule has 0 aromatic carbocycles. The van der Waals surface area contributed by atoms with Crippen molar-refractivity contribution in [3.05, 3.63) is 17.5 Å². The molecule has 13 heavy (non-hydrogen) atoms. The molecule has 74 valence electrons. The summed E-state index contributed by atoms with van der Waals surface area (Å²) in [5.74, 6) is -1.67. The zero-order valence-corrected chi connectivity index (χ0v) is 7.02. The molecule has 3 N–H and O–H groups in total. The van der Waals surface area contributed by atoms with Gasteiger partial charge in [0.25, 0.3) is 0 Å². The van der Waals surface area contributed by atoms with Crippen molar-refractivity contribution >= 4 is 0 Å². The van der Waals surface area contributed by atoms with E-state index in [0.717, 1.165) is 0 Å². The number of rotatable bonds is 2. The van der Waals surface area contributed by atoms with Gasteiger partial charge in [0.2, 0.25) is 0 Å². The van der Waals surface area contributed by atoms with Gasteiger partial charge in [-0.25, -0.2) is 0 Å². The summed E-state index contributed by atoms with van der Waals surface area (Å²) >= 11 is 0. The van der Waals surface area contributed by atoms with Crippen molar-refractivity contribution in [2.24, 2.45) is 5.73 Å². The van der Waals surface area contributed by atoms with Crippen LogP contribution in [0, 0.1) is 6.92 Å². The number of halogens is 3. The first-order valence-electron chi connectivity index (χ1n) is 3.74. The Labute approximate surface area is 73.1 Å². The highest BCUT2D eigenvalue weighted by Gasteiger charge is 2.41. The van der Waals surface area contributed by atoms with Gasteiger partial charge < -0.3 is 5.73 Å². The fourth-order valence-corrected chi connectivity index (χ4v) is 1.04. The summed E-state index contributed by atoms with van der Waals surface area (Å²) in [6.45, 7) is 1.16. The first kappa shape index (κ1) is 10.0. The van der Waals surface area contributed by atoms with Crippen LogP contribution in [0.2, 0.25) is 0 Å². The van der Waals surface area contributed by atoms with E-state index in [2.05, 4.69) is 10.2 Å². The average molecular weight is 193 g/mol. The second-order valence-corrected chi connectivity index (χ2v) is 2.81. The van der Waals surface area contributed by atoms with Crippen LogP contribution in [0.5, 0.6) is 0 Å². The number of aryl methyl sites for hydroxylation is 1. The molecule has 0 bridgehead atoms. The molecule has 0 aliphatic heterocycles. The topological polar surface area (TPSA) is 54.7 Å². The van der Waals surface area contributed by atoms with Gasteiger partial charge in [-0.2, -0.15) is 18.3 Å². The molecule has 1 unspecified atom stereocenters. The Morgan fingerprint density at radius 2 is 2.23 bits per heavy atom. The molecule has 0 aliphatic carbocycles. The molecular formula is C7H10F3N3. The minimum atomic E-state index is -4.32. The van der Waals surface area contributed by atoms with Gasteiger partial charge in [0.1, 0.15) is 5.92 Å². The lowest BCUT2D eigenvalue weighted by atomic mass is 10.1. The van der Waals surface area contributed by atoms with Crippen molar-refractivity contribution in [1.82, 2.24) is 10.2 Å². The molecule has 0 amide bonds. The maximum atomic E-state index is 12.3. The van der Waals surface area contributed by atoms with Crippen LogP contribution in [0.1, 0.15) is 17.3 Å². The maximum absolute atomic E-state index is 12.3. The molecule has 0 radical (unpaired) electrons. The van der Waals surface area contributed by atoms with E-state index >= 15 is 0 Å². The van der Waals surface area contributed by atoms with E-state index in [-0.39, 0.29) is 5.69 Å². The number of H-pyrrole nitrogens is 1. The van der Waals surface area contributed by atoms with Gasteiger partial charge in [0.05, 0.1) is 5.69 Å². The number of alkyl halides is 3. The van der Waals surface area contributed by atoms with E-state index in [0.29, 0.717) is 5.69 Å². The number of nitrogens with one attached hydrogen (secondary N) is 1. The van der Waals surface area contributed by atoms with Gasteiger partial charge >= 0.3 is 6.18 Å². The molecule has 0 aliphatic rings. The third kappa shape index (κ3) is 2.21. The summed E-state index contributed by atoms with van der Waals surface area (Å²) in [6.07, 6.45) is -4.32. The molecule has 6 heteroatoms. The summed E-state index contributed by atoms with van der Waals surface area (Å²) in [6, 6.07) is 1.35. The highest BCUT2D eigenvalue weighted by molar-refractivity contribution is 5.14. The molecule has 0 saturated heterocycles. The largest absolute Gasteiger partial charge is 0.398 e. The van der Waals surface area contributed by atoms with E-state index < -0.39 is 18.6 Å². The van der Waals surface area contributed by atoms with Crippen molar-refractivity contribution in [3.8, 4) is 0 Å². The van der Waals surface area contributed by atoms with Gasteiger partial charge in [-0.1, -0.05) is 0 Å². The third-order valence-electron chi connectivity index (χ3n) is 1.71. The number of aromatic amines is 1. The van der Waals surface area contributed by atoms with Gasteiger partial charge in [0.15, 0.2) is 0 Å². The Balaban J connectivity index is 2.91. The standard InChI is InChI=1S/C7H10F3N3/c1-4-2-6(13-12-4)5(3-11)7(8,9)10/h2,5H,3,11H2,1H3,(H,12,13). The molecule has 0 fully saturated rings. The number of aromatic nitrogens is 2. The minimum Gasteiger partial charge on any atom is -0.329 e. The Morgan fingerprint density at radius 3 is 2.54 bits per heavy atom. The molecular weight excluding hydrogens is 183 g/mol. The molecule has 3 nitrogen and oxygen atoms in total. The Bertz CT molecular complexity index is 279. The predicted molar refractivity (Wildman–Crippen MR) is 41.2 cm³/mol. The van der Waals surface area contributed by atoms with E-state index in [1.54, 1.807) is 6.92 Å². The fourth-order valence-electron chi connectivity index (χ4n) is 1.04. The van der Waals surface area contributed by atoms with Crippen LogP contribution in [-0.2, 0) is 0 Å². The molecule has 1 rings (SSSR count). The molecule has 1 aromatic heterocycles. The van der Waals surface area contributed by atoms with Crippen LogP contribution in [0.4, 0.5) is 13.2 Å². The highest BCUT2D eigenvalue weighted by Crippen LogP contribution is 2.32. The fraction of sp³-hybridized carbons (Fsp3) is 0.571. The zero-order valence-electron chi connectivity index (χ0n) is 7.02. The Morgan fingerprint density at radius 1 is 1.62 bits per heavy atom. The Kier molecular flexibility index (Phi) is 2.60. The van der Waals surface area contributed by atoms with Crippen LogP contribution >= 0.6 is 0 Å². The summed E-state index contributed by atoms with van der Waals surface area (Å²) in [7, 11) is 0. The molecule has 1 aromatic rings. The first-order valence-corrected chi connectivity index (χ1v) is 3.74. The molecule has 1 heterocycles. The van der Waals surface area contributed by atoms with Crippen LogP contribution in [-0.4, -0.2) is 22.9 Å². The first-order chi connectivity index (χ1) is 5.95. The van der Waals surface area contributed by atoms with Crippen molar-refractivity contribution in [2.75, 3.05) is 6.54 Å². The summed E-state index contributed by atoms with van der Waals surface area (Å²) in [4.78, 5) is 0. The van der Waals surface area contributed by atoms with Crippen LogP contribution in [0.25, 0.3) is 0 Å².